The molecule has 0 spiro atoms. The lowest BCUT2D eigenvalue weighted by Crippen LogP contribution is -2.63. The Morgan fingerprint density at radius 3 is 2.10 bits per heavy atom. The largest absolute Gasteiger partial charge is 0.463 e. The standard InChI is InChI=1S/C27H30O12/c1-12-9-19-22(17-7-6-8-18(17)26(32)37-19)20(10-12)38-27-25(36-16(5)31)24(35-15(4)30)23(34-14(3)29)21(39-27)11-33-13(2)28/h9-10,21,23-25,27H,6-8,11H2,1-5H3. The first-order chi connectivity index (χ1) is 18.4. The first kappa shape index (κ1) is 28.1. The van der Waals surface area contributed by atoms with Crippen LogP contribution in [0.15, 0.2) is 21.3 Å². The first-order valence-corrected chi connectivity index (χ1v) is 12.5. The van der Waals surface area contributed by atoms with Crippen LogP contribution in [0.5, 0.6) is 5.75 Å². The lowest BCUT2D eigenvalue weighted by Gasteiger charge is -2.44. The van der Waals surface area contributed by atoms with Crippen molar-refractivity contribution in [2.24, 2.45) is 0 Å². The maximum atomic E-state index is 12.5. The van der Waals surface area contributed by atoms with Gasteiger partial charge in [0.05, 0.1) is 5.39 Å². The summed E-state index contributed by atoms with van der Waals surface area (Å²) < 4.78 is 39.4. The van der Waals surface area contributed by atoms with Gasteiger partial charge in [0, 0.05) is 33.3 Å². The van der Waals surface area contributed by atoms with Crippen molar-refractivity contribution in [2.75, 3.05) is 6.61 Å². The Balaban J connectivity index is 1.82. The number of carbonyl (C=O) groups is 4. The predicted octanol–water partition coefficient (Wildman–Crippen LogP) is 2.05. The van der Waals surface area contributed by atoms with Gasteiger partial charge in [0.25, 0.3) is 0 Å². The third-order valence-electron chi connectivity index (χ3n) is 6.37. The highest BCUT2D eigenvalue weighted by Crippen LogP contribution is 2.38. The van der Waals surface area contributed by atoms with Crippen LogP contribution in [0, 0.1) is 6.92 Å². The van der Waals surface area contributed by atoms with E-state index in [1.807, 2.05) is 0 Å². The minimum absolute atomic E-state index is 0.285. The topological polar surface area (TPSA) is 154 Å². The van der Waals surface area contributed by atoms with E-state index in [9.17, 15) is 24.0 Å². The van der Waals surface area contributed by atoms with Crippen molar-refractivity contribution in [1.29, 1.82) is 0 Å². The number of carbonyl (C=O) groups excluding carboxylic acids is 4. The van der Waals surface area contributed by atoms with Crippen LogP contribution in [0.1, 0.15) is 50.8 Å². The summed E-state index contributed by atoms with van der Waals surface area (Å²) in [7, 11) is 0. The summed E-state index contributed by atoms with van der Waals surface area (Å²) in [6, 6.07) is 3.44. The van der Waals surface area contributed by atoms with Crippen LogP contribution in [-0.4, -0.2) is 61.2 Å². The minimum atomic E-state index is -1.40. The zero-order valence-corrected chi connectivity index (χ0v) is 22.3. The fraction of sp³-hybridized carbons (Fsp3) is 0.519. The van der Waals surface area contributed by atoms with E-state index in [1.54, 1.807) is 19.1 Å². The lowest BCUT2D eigenvalue weighted by molar-refractivity contribution is -0.288. The molecule has 2 heterocycles. The van der Waals surface area contributed by atoms with Gasteiger partial charge in [0.2, 0.25) is 12.4 Å². The van der Waals surface area contributed by atoms with Crippen LogP contribution in [0.4, 0.5) is 0 Å². The first-order valence-electron chi connectivity index (χ1n) is 12.5. The Morgan fingerprint density at radius 2 is 1.46 bits per heavy atom. The molecule has 0 amide bonds. The summed E-state index contributed by atoms with van der Waals surface area (Å²) in [5.41, 5.74) is 1.99. The Hall–Kier alpha value is -3.93. The molecule has 1 saturated heterocycles. The van der Waals surface area contributed by atoms with Crippen LogP contribution in [-0.2, 0) is 55.7 Å². The molecule has 210 valence electrons. The number of hydrogen-bond donors (Lipinski definition) is 0. The van der Waals surface area contributed by atoms with Gasteiger partial charge < -0.3 is 32.8 Å². The van der Waals surface area contributed by atoms with Gasteiger partial charge in [-0.25, -0.2) is 4.79 Å². The molecule has 2 aromatic rings. The monoisotopic (exact) mass is 546 g/mol. The Kier molecular flexibility index (Phi) is 8.24. The predicted molar refractivity (Wildman–Crippen MR) is 132 cm³/mol. The van der Waals surface area contributed by atoms with E-state index in [1.165, 1.54) is 6.92 Å². The van der Waals surface area contributed by atoms with E-state index in [2.05, 4.69) is 0 Å². The van der Waals surface area contributed by atoms with Crippen LogP contribution >= 0.6 is 0 Å². The van der Waals surface area contributed by atoms with Gasteiger partial charge >= 0.3 is 29.5 Å². The highest BCUT2D eigenvalue weighted by molar-refractivity contribution is 5.89. The van der Waals surface area contributed by atoms with Crippen molar-refractivity contribution in [3.8, 4) is 5.75 Å². The molecule has 1 aliphatic heterocycles. The molecule has 5 atom stereocenters. The van der Waals surface area contributed by atoms with Crippen LogP contribution in [0.3, 0.4) is 0 Å². The van der Waals surface area contributed by atoms with Crippen molar-refractivity contribution in [1.82, 2.24) is 0 Å². The average Bonchev–Trinajstić information content (AvgIpc) is 3.31. The molecule has 0 bridgehead atoms. The maximum absolute atomic E-state index is 12.5. The molecule has 0 radical (unpaired) electrons. The molecule has 12 heteroatoms. The van der Waals surface area contributed by atoms with Crippen LogP contribution in [0.25, 0.3) is 11.0 Å². The van der Waals surface area contributed by atoms with E-state index in [0.717, 1.165) is 32.8 Å². The second-order valence-corrected chi connectivity index (χ2v) is 9.52. The van der Waals surface area contributed by atoms with Gasteiger partial charge in [-0.1, -0.05) is 0 Å². The summed E-state index contributed by atoms with van der Waals surface area (Å²) in [6.07, 6.45) is -4.64. The van der Waals surface area contributed by atoms with E-state index in [-0.39, 0.29) is 12.4 Å². The van der Waals surface area contributed by atoms with E-state index >= 15 is 0 Å². The molecule has 1 fully saturated rings. The molecule has 0 saturated carbocycles. The van der Waals surface area contributed by atoms with Crippen molar-refractivity contribution in [3.63, 3.8) is 0 Å². The molecule has 12 nitrogen and oxygen atoms in total. The molecule has 1 aromatic heterocycles. The quantitative estimate of drug-likeness (QED) is 0.284. The van der Waals surface area contributed by atoms with Crippen molar-refractivity contribution >= 4 is 34.8 Å². The molecular formula is C27H30O12. The van der Waals surface area contributed by atoms with Gasteiger partial charge in [-0.3, -0.25) is 19.2 Å². The molecule has 2 aliphatic rings. The molecule has 1 aliphatic carbocycles. The van der Waals surface area contributed by atoms with E-state index < -0.39 is 60.2 Å². The van der Waals surface area contributed by atoms with E-state index in [0.29, 0.717) is 34.9 Å². The number of aryl methyl sites for hydroxylation is 2. The lowest BCUT2D eigenvalue weighted by atomic mass is 9.98. The molecule has 4 rings (SSSR count). The fourth-order valence-electron chi connectivity index (χ4n) is 5.01. The number of fused-ring (bicyclic) bond motifs is 3. The highest BCUT2D eigenvalue weighted by atomic mass is 16.7. The second kappa shape index (κ2) is 11.4. The van der Waals surface area contributed by atoms with Crippen molar-refractivity contribution in [3.05, 3.63) is 39.2 Å². The number of ether oxygens (including phenoxy) is 6. The summed E-state index contributed by atoms with van der Waals surface area (Å²) >= 11 is 0. The summed E-state index contributed by atoms with van der Waals surface area (Å²) in [5, 5.41) is 0.570. The van der Waals surface area contributed by atoms with Crippen molar-refractivity contribution < 1.29 is 52.0 Å². The molecule has 39 heavy (non-hydrogen) atoms. The zero-order valence-electron chi connectivity index (χ0n) is 22.3. The van der Waals surface area contributed by atoms with E-state index in [4.69, 9.17) is 32.8 Å². The molecule has 5 unspecified atom stereocenters. The second-order valence-electron chi connectivity index (χ2n) is 9.52. The number of hydrogen-bond acceptors (Lipinski definition) is 12. The summed E-state index contributed by atoms with van der Waals surface area (Å²) in [4.78, 5) is 60.2. The smallest absolute Gasteiger partial charge is 0.339 e. The summed E-state index contributed by atoms with van der Waals surface area (Å²) in [5.74, 6) is -2.56. The third kappa shape index (κ3) is 6.22. The zero-order chi connectivity index (χ0) is 28.4. The summed E-state index contributed by atoms with van der Waals surface area (Å²) in [6.45, 7) is 6.03. The Bertz CT molecular complexity index is 1360. The SMILES string of the molecule is CC(=O)OCC1OC(Oc2cc(C)cc3oc(=O)c4c(c23)CCC4)C(OC(C)=O)C(OC(C)=O)C1OC(C)=O. The number of rotatable bonds is 7. The Morgan fingerprint density at radius 1 is 0.846 bits per heavy atom. The van der Waals surface area contributed by atoms with Gasteiger partial charge in [-0.15, -0.1) is 0 Å². The maximum Gasteiger partial charge on any atom is 0.339 e. The Labute approximate surface area is 223 Å². The molecule has 1 aromatic carbocycles. The van der Waals surface area contributed by atoms with Crippen LogP contribution in [0.2, 0.25) is 0 Å². The van der Waals surface area contributed by atoms with Gasteiger partial charge in [0.15, 0.2) is 12.2 Å². The van der Waals surface area contributed by atoms with Gasteiger partial charge in [-0.2, -0.15) is 0 Å². The van der Waals surface area contributed by atoms with Gasteiger partial charge in [0.1, 0.15) is 24.0 Å². The molecular weight excluding hydrogens is 516 g/mol. The average molecular weight is 547 g/mol. The van der Waals surface area contributed by atoms with Crippen LogP contribution < -0.4 is 10.4 Å². The fourth-order valence-corrected chi connectivity index (χ4v) is 5.01. The number of esters is 4. The molecule has 0 N–H and O–H groups in total. The van der Waals surface area contributed by atoms with Crippen molar-refractivity contribution in [2.45, 2.75) is 84.6 Å². The van der Waals surface area contributed by atoms with Gasteiger partial charge in [-0.05, 0) is 49.4 Å². The highest BCUT2D eigenvalue weighted by Gasteiger charge is 2.53. The normalized spacial score (nSPS) is 24.0. The minimum Gasteiger partial charge on any atom is -0.463 e. The number of benzene rings is 1. The third-order valence-corrected chi connectivity index (χ3v) is 6.37.